The van der Waals surface area contributed by atoms with Crippen LogP contribution in [0.4, 0.5) is 5.69 Å². The van der Waals surface area contributed by atoms with Gasteiger partial charge in [-0.2, -0.15) is 0 Å². The summed E-state index contributed by atoms with van der Waals surface area (Å²) in [5.41, 5.74) is 2.80. The maximum absolute atomic E-state index is 12.5. The number of hydrogen-bond acceptors (Lipinski definition) is 5. The van der Waals surface area contributed by atoms with Crippen LogP contribution in [0.2, 0.25) is 0 Å². The summed E-state index contributed by atoms with van der Waals surface area (Å²) in [7, 11) is -3.62. The number of sulfonamides is 1. The minimum atomic E-state index is -3.62. The van der Waals surface area contributed by atoms with Gasteiger partial charge in [-0.1, -0.05) is 18.2 Å². The van der Waals surface area contributed by atoms with Gasteiger partial charge in [0.05, 0.1) is 10.6 Å². The molecule has 0 bridgehead atoms. The van der Waals surface area contributed by atoms with Gasteiger partial charge in [-0.15, -0.1) is 17.9 Å². The second-order valence-electron chi connectivity index (χ2n) is 6.42. The molecule has 4 rings (SSSR count). The normalized spacial score (nSPS) is 11.5. The zero-order valence-electron chi connectivity index (χ0n) is 15.8. The minimum Gasteiger partial charge on any atom is -0.322 e. The highest BCUT2D eigenvalue weighted by atomic mass is 32.2. The molecule has 4 aromatic rings. The van der Waals surface area contributed by atoms with E-state index in [9.17, 15) is 13.2 Å². The quantitative estimate of drug-likeness (QED) is 0.430. The van der Waals surface area contributed by atoms with Crippen molar-refractivity contribution in [1.82, 2.24) is 14.1 Å². The standard InChI is InChI=1S/C21H18N4O3S2/c1-2-11-22-30(27,28)18-9-5-16(6-10-18)20(26)23-17-7-3-15(4-8-17)19-14-25-12-13-29-21(25)24-19/h2-10,12-14,22H,1,11H2,(H,23,26). The summed E-state index contributed by atoms with van der Waals surface area (Å²) in [6.07, 6.45) is 5.37. The Hall–Kier alpha value is -3.27. The first-order chi connectivity index (χ1) is 14.5. The third-order valence-corrected chi connectivity index (χ3v) is 6.59. The second-order valence-corrected chi connectivity index (χ2v) is 9.06. The van der Waals surface area contributed by atoms with Crippen LogP contribution in [0.3, 0.4) is 0 Å². The lowest BCUT2D eigenvalue weighted by atomic mass is 10.1. The topological polar surface area (TPSA) is 92.6 Å². The van der Waals surface area contributed by atoms with Crippen molar-refractivity contribution >= 4 is 37.9 Å². The summed E-state index contributed by atoms with van der Waals surface area (Å²) in [6, 6.07) is 13.1. The number of rotatable bonds is 7. The predicted molar refractivity (Wildman–Crippen MR) is 118 cm³/mol. The van der Waals surface area contributed by atoms with Gasteiger partial charge < -0.3 is 5.32 Å². The van der Waals surface area contributed by atoms with Crippen molar-refractivity contribution in [3.8, 4) is 11.3 Å². The number of anilines is 1. The molecule has 7 nitrogen and oxygen atoms in total. The first kappa shape index (κ1) is 20.0. The van der Waals surface area contributed by atoms with Gasteiger partial charge in [-0.05, 0) is 36.4 Å². The number of imidazole rings is 1. The minimum absolute atomic E-state index is 0.0882. The highest BCUT2D eigenvalue weighted by Crippen LogP contribution is 2.23. The molecule has 2 aromatic carbocycles. The number of aromatic nitrogens is 2. The summed E-state index contributed by atoms with van der Waals surface area (Å²) in [4.78, 5) is 18.1. The third kappa shape index (κ3) is 4.18. The Morgan fingerprint density at radius 2 is 1.87 bits per heavy atom. The van der Waals surface area contributed by atoms with Gasteiger partial charge >= 0.3 is 0 Å². The van der Waals surface area contributed by atoms with Gasteiger partial charge in [-0.25, -0.2) is 18.1 Å². The molecular weight excluding hydrogens is 420 g/mol. The van der Waals surface area contributed by atoms with Gasteiger partial charge in [0.15, 0.2) is 4.96 Å². The zero-order valence-corrected chi connectivity index (χ0v) is 17.4. The van der Waals surface area contributed by atoms with Crippen molar-refractivity contribution in [2.75, 3.05) is 11.9 Å². The lowest BCUT2D eigenvalue weighted by Crippen LogP contribution is -2.23. The average Bonchev–Trinajstić information content (AvgIpc) is 3.35. The number of benzene rings is 2. The lowest BCUT2D eigenvalue weighted by Gasteiger charge is -2.08. The van der Waals surface area contributed by atoms with Crippen LogP contribution in [0.5, 0.6) is 0 Å². The molecule has 0 aliphatic carbocycles. The maximum Gasteiger partial charge on any atom is 0.255 e. The summed E-state index contributed by atoms with van der Waals surface area (Å²) in [6.45, 7) is 3.62. The summed E-state index contributed by atoms with van der Waals surface area (Å²) >= 11 is 1.57. The van der Waals surface area contributed by atoms with Crippen LogP contribution in [-0.4, -0.2) is 30.3 Å². The number of amides is 1. The number of hydrogen-bond donors (Lipinski definition) is 2. The molecule has 0 aliphatic rings. The molecule has 152 valence electrons. The maximum atomic E-state index is 12.5. The number of carbonyl (C=O) groups excluding carboxylic acids is 1. The molecule has 0 fully saturated rings. The van der Waals surface area contributed by atoms with E-state index in [0.717, 1.165) is 16.2 Å². The Morgan fingerprint density at radius 1 is 1.13 bits per heavy atom. The van der Waals surface area contributed by atoms with E-state index in [1.54, 1.807) is 23.5 Å². The molecule has 1 amide bonds. The fourth-order valence-electron chi connectivity index (χ4n) is 2.83. The predicted octanol–water partition coefficient (Wildman–Crippen LogP) is 3.78. The van der Waals surface area contributed by atoms with E-state index in [-0.39, 0.29) is 17.3 Å². The number of nitrogens with zero attached hydrogens (tertiary/aromatic N) is 2. The summed E-state index contributed by atoms with van der Waals surface area (Å²) < 4.78 is 28.5. The summed E-state index contributed by atoms with van der Waals surface area (Å²) in [5.74, 6) is -0.326. The molecule has 0 saturated heterocycles. The Balaban J connectivity index is 1.44. The fourth-order valence-corrected chi connectivity index (χ4v) is 4.53. The van der Waals surface area contributed by atoms with Crippen molar-refractivity contribution < 1.29 is 13.2 Å². The van der Waals surface area contributed by atoms with Crippen LogP contribution in [0.15, 0.2) is 83.9 Å². The Morgan fingerprint density at radius 3 is 2.53 bits per heavy atom. The monoisotopic (exact) mass is 438 g/mol. The zero-order chi connectivity index (χ0) is 21.1. The van der Waals surface area contributed by atoms with Gasteiger partial charge in [0, 0.05) is 41.1 Å². The molecule has 0 unspecified atom stereocenters. The summed E-state index contributed by atoms with van der Waals surface area (Å²) in [5, 5.41) is 4.79. The van der Waals surface area contributed by atoms with Crippen molar-refractivity contribution in [2.24, 2.45) is 0 Å². The van der Waals surface area contributed by atoms with Crippen molar-refractivity contribution in [3.63, 3.8) is 0 Å². The molecule has 0 saturated carbocycles. The molecule has 0 spiro atoms. The Bertz CT molecular complexity index is 1280. The van der Waals surface area contributed by atoms with E-state index in [1.807, 2.05) is 34.3 Å². The van der Waals surface area contributed by atoms with E-state index in [4.69, 9.17) is 0 Å². The van der Waals surface area contributed by atoms with Crippen LogP contribution in [0.25, 0.3) is 16.2 Å². The van der Waals surface area contributed by atoms with E-state index in [2.05, 4.69) is 21.6 Å². The van der Waals surface area contributed by atoms with Gasteiger partial charge in [0.2, 0.25) is 10.0 Å². The fraction of sp³-hybridized carbons (Fsp3) is 0.0476. The highest BCUT2D eigenvalue weighted by molar-refractivity contribution is 7.89. The van der Waals surface area contributed by atoms with Crippen molar-refractivity contribution in [1.29, 1.82) is 0 Å². The Labute approximate surface area is 177 Å². The van der Waals surface area contributed by atoms with Crippen molar-refractivity contribution in [3.05, 3.63) is 84.5 Å². The van der Waals surface area contributed by atoms with Crippen LogP contribution in [-0.2, 0) is 10.0 Å². The number of thiazole rings is 1. The molecule has 2 aromatic heterocycles. The van der Waals surface area contributed by atoms with Crippen molar-refractivity contribution in [2.45, 2.75) is 4.90 Å². The van der Waals surface area contributed by atoms with Gasteiger partial charge in [0.25, 0.3) is 5.91 Å². The first-order valence-electron chi connectivity index (χ1n) is 9.01. The largest absolute Gasteiger partial charge is 0.322 e. The van der Waals surface area contributed by atoms with Crippen LogP contribution < -0.4 is 10.0 Å². The highest BCUT2D eigenvalue weighted by Gasteiger charge is 2.14. The van der Waals surface area contributed by atoms with E-state index in [0.29, 0.717) is 11.3 Å². The number of nitrogens with one attached hydrogen (secondary N) is 2. The third-order valence-electron chi connectivity index (χ3n) is 4.38. The van der Waals surface area contributed by atoms with Gasteiger partial charge in [-0.3, -0.25) is 9.20 Å². The molecule has 30 heavy (non-hydrogen) atoms. The molecule has 0 radical (unpaired) electrons. The molecule has 2 N–H and O–H groups in total. The van der Waals surface area contributed by atoms with E-state index < -0.39 is 10.0 Å². The van der Waals surface area contributed by atoms with Crippen LogP contribution >= 0.6 is 11.3 Å². The molecule has 0 atom stereocenters. The first-order valence-corrected chi connectivity index (χ1v) is 11.4. The number of carbonyl (C=O) groups is 1. The molecule has 9 heteroatoms. The Kier molecular flexibility index (Phi) is 5.49. The SMILES string of the molecule is C=CCNS(=O)(=O)c1ccc(C(=O)Nc2ccc(-c3cn4ccsc4n3)cc2)cc1. The van der Waals surface area contributed by atoms with Gasteiger partial charge in [0.1, 0.15) is 0 Å². The smallest absolute Gasteiger partial charge is 0.255 e. The average molecular weight is 439 g/mol. The lowest BCUT2D eigenvalue weighted by molar-refractivity contribution is 0.102. The van der Waals surface area contributed by atoms with Crippen LogP contribution in [0.1, 0.15) is 10.4 Å². The molecule has 0 aliphatic heterocycles. The second kappa shape index (κ2) is 8.23. The molecular formula is C21H18N4O3S2. The van der Waals surface area contributed by atoms with E-state index >= 15 is 0 Å². The van der Waals surface area contributed by atoms with Crippen LogP contribution in [0, 0.1) is 0 Å². The number of fused-ring (bicyclic) bond motifs is 1. The van der Waals surface area contributed by atoms with E-state index in [1.165, 1.54) is 30.3 Å². The molecule has 2 heterocycles.